The van der Waals surface area contributed by atoms with Crippen LogP contribution in [-0.2, 0) is 11.2 Å². The molecule has 1 atom stereocenters. The molecule has 1 unspecified atom stereocenters. The van der Waals surface area contributed by atoms with Crippen molar-refractivity contribution < 1.29 is 13.9 Å². The highest BCUT2D eigenvalue weighted by atomic mass is 19.1. The van der Waals surface area contributed by atoms with Crippen LogP contribution in [0, 0.1) is 5.82 Å². The maximum absolute atomic E-state index is 13.5. The first-order chi connectivity index (χ1) is 6.31. The van der Waals surface area contributed by atoms with Crippen molar-refractivity contribution >= 4 is 0 Å². The Hall–Kier alpha value is -1.09. The van der Waals surface area contributed by atoms with Crippen molar-refractivity contribution in [2.75, 3.05) is 13.7 Å². The van der Waals surface area contributed by atoms with Crippen LogP contribution in [0.5, 0.6) is 5.75 Å². The quantitative estimate of drug-likeness (QED) is 0.664. The Kier molecular flexibility index (Phi) is 2.19. The summed E-state index contributed by atoms with van der Waals surface area (Å²) in [6, 6.07) is 5.17. The molecule has 0 bridgehead atoms. The lowest BCUT2D eigenvalue weighted by molar-refractivity contribution is 0.378. The fraction of sp³-hybridized carbons (Fsp3) is 0.400. The Morgan fingerprint density at radius 1 is 1.62 bits per heavy atom. The topological polar surface area (TPSA) is 21.8 Å². The average molecular weight is 182 g/mol. The van der Waals surface area contributed by atoms with Gasteiger partial charge in [-0.2, -0.15) is 0 Å². The van der Waals surface area contributed by atoms with E-state index >= 15 is 0 Å². The maximum atomic E-state index is 13.5. The van der Waals surface area contributed by atoms with Gasteiger partial charge in [-0.05, 0) is 11.6 Å². The van der Waals surface area contributed by atoms with Crippen molar-refractivity contribution in [2.45, 2.75) is 12.5 Å². The number of epoxide rings is 1. The van der Waals surface area contributed by atoms with Crippen LogP contribution in [0.25, 0.3) is 0 Å². The third-order valence-electron chi connectivity index (χ3n) is 2.11. The molecule has 0 radical (unpaired) electrons. The lowest BCUT2D eigenvalue weighted by Gasteiger charge is -2.05. The molecule has 1 aliphatic rings. The number of halogens is 1. The SMILES string of the molecule is COc1cccc(CC2CO2)c1F. The summed E-state index contributed by atoms with van der Waals surface area (Å²) in [5.41, 5.74) is 0.668. The molecule has 1 aromatic carbocycles. The van der Waals surface area contributed by atoms with Crippen LogP contribution in [0.3, 0.4) is 0 Å². The zero-order valence-electron chi connectivity index (χ0n) is 7.42. The second-order valence-electron chi connectivity index (χ2n) is 3.09. The molecule has 1 aliphatic heterocycles. The van der Waals surface area contributed by atoms with E-state index in [0.29, 0.717) is 17.7 Å². The van der Waals surface area contributed by atoms with Gasteiger partial charge in [-0.15, -0.1) is 0 Å². The fourth-order valence-electron chi connectivity index (χ4n) is 1.30. The van der Waals surface area contributed by atoms with Gasteiger partial charge in [0, 0.05) is 6.42 Å². The third kappa shape index (κ3) is 1.80. The second kappa shape index (κ2) is 3.34. The number of ether oxygens (including phenoxy) is 2. The van der Waals surface area contributed by atoms with Crippen LogP contribution in [-0.4, -0.2) is 19.8 Å². The maximum Gasteiger partial charge on any atom is 0.168 e. The molecule has 0 aromatic heterocycles. The Bertz CT molecular complexity index is 308. The lowest BCUT2D eigenvalue weighted by Crippen LogP contribution is -1.98. The van der Waals surface area contributed by atoms with Crippen LogP contribution in [0.4, 0.5) is 4.39 Å². The van der Waals surface area contributed by atoms with Crippen LogP contribution in [0.2, 0.25) is 0 Å². The first kappa shape index (κ1) is 8.51. The molecule has 1 saturated heterocycles. The van der Waals surface area contributed by atoms with E-state index in [0.717, 1.165) is 6.61 Å². The number of hydrogen-bond donors (Lipinski definition) is 0. The molecule has 70 valence electrons. The second-order valence-corrected chi connectivity index (χ2v) is 3.09. The molecule has 2 nitrogen and oxygen atoms in total. The van der Waals surface area contributed by atoms with E-state index < -0.39 is 0 Å². The van der Waals surface area contributed by atoms with Crippen molar-refractivity contribution in [2.24, 2.45) is 0 Å². The minimum atomic E-state index is -0.263. The summed E-state index contributed by atoms with van der Waals surface area (Å²) in [5.74, 6) is 0.0404. The third-order valence-corrected chi connectivity index (χ3v) is 2.11. The molecular formula is C10H11FO2. The Labute approximate surface area is 76.3 Å². The predicted octanol–water partition coefficient (Wildman–Crippen LogP) is 1.78. The molecule has 0 aliphatic carbocycles. The molecule has 0 spiro atoms. The highest BCUT2D eigenvalue weighted by Crippen LogP contribution is 2.24. The molecule has 1 heterocycles. The van der Waals surface area contributed by atoms with E-state index in [9.17, 15) is 4.39 Å². The van der Waals surface area contributed by atoms with Crippen LogP contribution in [0.15, 0.2) is 18.2 Å². The first-order valence-electron chi connectivity index (χ1n) is 4.24. The zero-order valence-corrected chi connectivity index (χ0v) is 7.42. The van der Waals surface area contributed by atoms with Crippen molar-refractivity contribution in [3.63, 3.8) is 0 Å². The van der Waals surface area contributed by atoms with Crippen LogP contribution < -0.4 is 4.74 Å². The van der Waals surface area contributed by atoms with Gasteiger partial charge in [-0.3, -0.25) is 0 Å². The molecule has 3 heteroatoms. The van der Waals surface area contributed by atoms with Crippen molar-refractivity contribution in [1.29, 1.82) is 0 Å². The minimum Gasteiger partial charge on any atom is -0.494 e. The van der Waals surface area contributed by atoms with Crippen molar-refractivity contribution in [3.05, 3.63) is 29.6 Å². The molecule has 1 aromatic rings. The Morgan fingerprint density at radius 2 is 2.38 bits per heavy atom. The van der Waals surface area contributed by atoms with Crippen molar-refractivity contribution in [1.82, 2.24) is 0 Å². The average Bonchev–Trinajstić information content (AvgIpc) is 2.92. The van der Waals surface area contributed by atoms with Gasteiger partial charge in [0.1, 0.15) is 0 Å². The summed E-state index contributed by atoms with van der Waals surface area (Å²) >= 11 is 0. The summed E-state index contributed by atoms with van der Waals surface area (Å²) in [5, 5.41) is 0. The summed E-state index contributed by atoms with van der Waals surface area (Å²) in [7, 11) is 1.47. The van der Waals surface area contributed by atoms with Gasteiger partial charge >= 0.3 is 0 Å². The number of rotatable bonds is 3. The van der Waals surface area contributed by atoms with Gasteiger partial charge in [0.15, 0.2) is 11.6 Å². The smallest absolute Gasteiger partial charge is 0.168 e. The standard InChI is InChI=1S/C10H11FO2/c1-12-9-4-2-3-7(10(9)11)5-8-6-13-8/h2-4,8H,5-6H2,1H3. The van der Waals surface area contributed by atoms with E-state index in [-0.39, 0.29) is 11.9 Å². The molecule has 1 fully saturated rings. The Balaban J connectivity index is 2.22. The summed E-state index contributed by atoms with van der Waals surface area (Å²) in [6.07, 6.45) is 0.852. The van der Waals surface area contributed by atoms with E-state index in [4.69, 9.17) is 9.47 Å². The predicted molar refractivity (Wildman–Crippen MR) is 46.4 cm³/mol. The van der Waals surface area contributed by atoms with Gasteiger partial charge < -0.3 is 9.47 Å². The van der Waals surface area contributed by atoms with Crippen molar-refractivity contribution in [3.8, 4) is 5.75 Å². The normalized spacial score (nSPS) is 20.0. The van der Waals surface area contributed by atoms with E-state index in [1.807, 2.05) is 0 Å². The molecule has 13 heavy (non-hydrogen) atoms. The fourth-order valence-corrected chi connectivity index (χ4v) is 1.30. The summed E-state index contributed by atoms with van der Waals surface area (Å²) in [6.45, 7) is 0.747. The highest BCUT2D eigenvalue weighted by Gasteiger charge is 2.24. The lowest BCUT2D eigenvalue weighted by atomic mass is 10.1. The summed E-state index contributed by atoms with van der Waals surface area (Å²) in [4.78, 5) is 0. The molecule has 0 saturated carbocycles. The molecule has 0 amide bonds. The first-order valence-corrected chi connectivity index (χ1v) is 4.24. The van der Waals surface area contributed by atoms with Gasteiger partial charge in [-0.1, -0.05) is 12.1 Å². The largest absolute Gasteiger partial charge is 0.494 e. The van der Waals surface area contributed by atoms with Gasteiger partial charge in [0.05, 0.1) is 19.8 Å². The van der Waals surface area contributed by atoms with E-state index in [1.54, 1.807) is 18.2 Å². The van der Waals surface area contributed by atoms with Crippen LogP contribution >= 0.6 is 0 Å². The number of benzene rings is 1. The molecule has 2 rings (SSSR count). The molecular weight excluding hydrogens is 171 g/mol. The number of methoxy groups -OCH3 is 1. The Morgan fingerprint density at radius 3 is 3.00 bits per heavy atom. The highest BCUT2D eigenvalue weighted by molar-refractivity contribution is 5.31. The minimum absolute atomic E-state index is 0.210. The van der Waals surface area contributed by atoms with E-state index in [2.05, 4.69) is 0 Å². The van der Waals surface area contributed by atoms with Gasteiger partial charge in [-0.25, -0.2) is 4.39 Å². The monoisotopic (exact) mass is 182 g/mol. The van der Waals surface area contributed by atoms with Gasteiger partial charge in [0.2, 0.25) is 0 Å². The molecule has 0 N–H and O–H groups in total. The van der Waals surface area contributed by atoms with E-state index in [1.165, 1.54) is 7.11 Å². The summed E-state index contributed by atoms with van der Waals surface area (Å²) < 4.78 is 23.4. The zero-order chi connectivity index (χ0) is 9.26. The van der Waals surface area contributed by atoms with Crippen LogP contribution in [0.1, 0.15) is 5.56 Å². The van der Waals surface area contributed by atoms with Gasteiger partial charge in [0.25, 0.3) is 0 Å². The number of hydrogen-bond acceptors (Lipinski definition) is 2.